The van der Waals surface area contributed by atoms with Gasteiger partial charge in [0, 0.05) is 22.0 Å². The number of rotatable bonds is 6. The summed E-state index contributed by atoms with van der Waals surface area (Å²) in [5.74, 6) is -0.00132. The van der Waals surface area contributed by atoms with Crippen LogP contribution in [0.1, 0.15) is 41.8 Å². The largest absolute Gasteiger partial charge is 0.488 e. The van der Waals surface area contributed by atoms with E-state index < -0.39 is 5.97 Å². The Balaban J connectivity index is 1.97. The minimum atomic E-state index is -0.821. The highest BCUT2D eigenvalue weighted by molar-refractivity contribution is 7.11. The van der Waals surface area contributed by atoms with Crippen LogP contribution in [0.25, 0.3) is 5.57 Å². The Labute approximate surface area is 152 Å². The highest BCUT2D eigenvalue weighted by Crippen LogP contribution is 2.40. The SMILES string of the molecule is CC(C)NCCC=C1c2cc(CC(=O)O)ccc2OCc2ccsc21. The van der Waals surface area contributed by atoms with Gasteiger partial charge in [-0.05, 0) is 47.7 Å². The number of nitrogens with one attached hydrogen (secondary N) is 1. The van der Waals surface area contributed by atoms with E-state index in [2.05, 4.69) is 36.7 Å². The number of carboxylic acids is 1. The van der Waals surface area contributed by atoms with E-state index >= 15 is 0 Å². The molecule has 0 saturated heterocycles. The van der Waals surface area contributed by atoms with Crippen LogP contribution in [0.3, 0.4) is 0 Å². The summed E-state index contributed by atoms with van der Waals surface area (Å²) in [5.41, 5.74) is 4.12. The third kappa shape index (κ3) is 4.30. The second kappa shape index (κ2) is 7.85. The van der Waals surface area contributed by atoms with Gasteiger partial charge >= 0.3 is 5.97 Å². The maximum Gasteiger partial charge on any atom is 0.307 e. The summed E-state index contributed by atoms with van der Waals surface area (Å²) < 4.78 is 5.97. The molecule has 0 atom stereocenters. The summed E-state index contributed by atoms with van der Waals surface area (Å²) in [5, 5.41) is 14.6. The van der Waals surface area contributed by atoms with E-state index in [0.717, 1.165) is 35.4 Å². The Hall–Kier alpha value is -2.11. The summed E-state index contributed by atoms with van der Waals surface area (Å²) in [6, 6.07) is 8.25. The van der Waals surface area contributed by atoms with Crippen molar-refractivity contribution in [2.24, 2.45) is 0 Å². The van der Waals surface area contributed by atoms with Crippen molar-refractivity contribution in [3.05, 3.63) is 57.3 Å². The van der Waals surface area contributed by atoms with Gasteiger partial charge in [-0.25, -0.2) is 0 Å². The molecule has 3 rings (SSSR count). The predicted molar refractivity (Wildman–Crippen MR) is 101 cm³/mol. The van der Waals surface area contributed by atoms with Gasteiger partial charge in [0.25, 0.3) is 0 Å². The molecule has 0 unspecified atom stereocenters. The number of ether oxygens (including phenoxy) is 1. The van der Waals surface area contributed by atoms with Gasteiger partial charge in [-0.2, -0.15) is 0 Å². The van der Waals surface area contributed by atoms with Crippen molar-refractivity contribution < 1.29 is 14.6 Å². The maximum atomic E-state index is 11.1. The van der Waals surface area contributed by atoms with Crippen molar-refractivity contribution in [2.75, 3.05) is 6.54 Å². The molecule has 0 aliphatic carbocycles. The molecule has 0 amide bonds. The van der Waals surface area contributed by atoms with Crippen LogP contribution in [0.4, 0.5) is 0 Å². The van der Waals surface area contributed by atoms with Crippen molar-refractivity contribution in [2.45, 2.75) is 39.3 Å². The fourth-order valence-corrected chi connectivity index (χ4v) is 3.92. The van der Waals surface area contributed by atoms with Crippen molar-refractivity contribution >= 4 is 22.9 Å². The summed E-state index contributed by atoms with van der Waals surface area (Å²) in [4.78, 5) is 12.3. The number of hydrogen-bond acceptors (Lipinski definition) is 4. The maximum absolute atomic E-state index is 11.1. The predicted octanol–water partition coefficient (Wildman–Crippen LogP) is 4.09. The number of benzene rings is 1. The number of fused-ring (bicyclic) bond motifs is 2. The van der Waals surface area contributed by atoms with Gasteiger partial charge in [0.15, 0.2) is 0 Å². The molecule has 0 spiro atoms. The molecule has 1 aromatic heterocycles. The summed E-state index contributed by atoms with van der Waals surface area (Å²) >= 11 is 1.71. The topological polar surface area (TPSA) is 58.6 Å². The Morgan fingerprint density at radius 2 is 2.24 bits per heavy atom. The fourth-order valence-electron chi connectivity index (χ4n) is 2.95. The van der Waals surface area contributed by atoms with E-state index in [1.807, 2.05) is 18.2 Å². The standard InChI is InChI=1S/C20H23NO3S/c1-13(2)21-8-3-4-16-17-10-14(11-19(22)23)5-6-18(17)24-12-15-7-9-25-20(15)16/h4-7,9-10,13,21H,3,8,11-12H2,1-2H3,(H,22,23). The van der Waals surface area contributed by atoms with Crippen LogP contribution in [0.2, 0.25) is 0 Å². The molecule has 0 bridgehead atoms. The van der Waals surface area contributed by atoms with Gasteiger partial charge in [-0.15, -0.1) is 11.3 Å². The Bertz CT molecular complexity index is 792. The van der Waals surface area contributed by atoms with E-state index in [1.54, 1.807) is 11.3 Å². The van der Waals surface area contributed by atoms with Gasteiger partial charge in [0.05, 0.1) is 6.42 Å². The van der Waals surface area contributed by atoms with Gasteiger partial charge in [-0.3, -0.25) is 4.79 Å². The van der Waals surface area contributed by atoms with Crippen LogP contribution in [0.5, 0.6) is 5.75 Å². The molecule has 2 heterocycles. The lowest BCUT2D eigenvalue weighted by atomic mass is 9.97. The zero-order chi connectivity index (χ0) is 17.8. The van der Waals surface area contributed by atoms with E-state index in [1.165, 1.54) is 10.4 Å². The number of aliphatic carboxylic acids is 1. The minimum Gasteiger partial charge on any atom is -0.488 e. The first-order valence-electron chi connectivity index (χ1n) is 8.52. The van der Waals surface area contributed by atoms with Gasteiger partial charge in [-0.1, -0.05) is 26.0 Å². The van der Waals surface area contributed by atoms with Gasteiger partial charge in [0.2, 0.25) is 0 Å². The summed E-state index contributed by atoms with van der Waals surface area (Å²) in [6.07, 6.45) is 3.17. The lowest BCUT2D eigenvalue weighted by molar-refractivity contribution is -0.136. The molecular weight excluding hydrogens is 334 g/mol. The fraction of sp³-hybridized carbons (Fsp3) is 0.350. The van der Waals surface area contributed by atoms with Gasteiger partial charge < -0.3 is 15.2 Å². The molecule has 5 heteroatoms. The number of thiophene rings is 1. The van der Waals surface area contributed by atoms with Crippen molar-refractivity contribution in [3.8, 4) is 5.75 Å². The first kappa shape index (κ1) is 17.7. The third-order valence-electron chi connectivity index (χ3n) is 4.11. The van der Waals surface area contributed by atoms with Crippen LogP contribution in [-0.2, 0) is 17.8 Å². The van der Waals surface area contributed by atoms with Crippen LogP contribution < -0.4 is 10.1 Å². The number of carbonyl (C=O) groups is 1. The lowest BCUT2D eigenvalue weighted by Crippen LogP contribution is -2.23. The molecule has 4 nitrogen and oxygen atoms in total. The quantitative estimate of drug-likeness (QED) is 0.765. The molecule has 1 aliphatic rings. The molecule has 25 heavy (non-hydrogen) atoms. The molecule has 2 aromatic rings. The summed E-state index contributed by atoms with van der Waals surface area (Å²) in [7, 11) is 0. The Kier molecular flexibility index (Phi) is 5.56. The van der Waals surface area contributed by atoms with E-state index in [0.29, 0.717) is 12.6 Å². The Morgan fingerprint density at radius 1 is 1.40 bits per heavy atom. The zero-order valence-electron chi connectivity index (χ0n) is 14.5. The van der Waals surface area contributed by atoms with E-state index in [9.17, 15) is 4.79 Å². The molecule has 0 fully saturated rings. The van der Waals surface area contributed by atoms with Crippen molar-refractivity contribution in [1.82, 2.24) is 5.32 Å². The third-order valence-corrected chi connectivity index (χ3v) is 5.10. The number of hydrogen-bond donors (Lipinski definition) is 2. The Morgan fingerprint density at radius 3 is 3.00 bits per heavy atom. The smallest absolute Gasteiger partial charge is 0.307 e. The van der Waals surface area contributed by atoms with Crippen LogP contribution in [0, 0.1) is 0 Å². The van der Waals surface area contributed by atoms with Crippen LogP contribution in [-0.4, -0.2) is 23.7 Å². The van der Waals surface area contributed by atoms with Gasteiger partial charge in [0.1, 0.15) is 12.4 Å². The average molecular weight is 357 g/mol. The molecule has 0 radical (unpaired) electrons. The molecule has 1 aromatic carbocycles. The first-order chi connectivity index (χ1) is 12.0. The van der Waals surface area contributed by atoms with Crippen molar-refractivity contribution in [1.29, 1.82) is 0 Å². The normalized spacial score (nSPS) is 14.8. The molecule has 2 N–H and O–H groups in total. The minimum absolute atomic E-state index is 0.0206. The molecule has 0 saturated carbocycles. The van der Waals surface area contributed by atoms with Crippen LogP contribution >= 0.6 is 11.3 Å². The first-order valence-corrected chi connectivity index (χ1v) is 9.40. The summed E-state index contributed by atoms with van der Waals surface area (Å²) in [6.45, 7) is 5.73. The molecule has 1 aliphatic heterocycles. The highest BCUT2D eigenvalue weighted by Gasteiger charge is 2.21. The number of carboxylic acid groups (broad SMARTS) is 1. The lowest BCUT2D eigenvalue weighted by Gasteiger charge is -2.12. The highest BCUT2D eigenvalue weighted by atomic mass is 32.1. The monoisotopic (exact) mass is 357 g/mol. The molecular formula is C20H23NO3S. The van der Waals surface area contributed by atoms with Crippen molar-refractivity contribution in [3.63, 3.8) is 0 Å². The second-order valence-electron chi connectivity index (χ2n) is 6.48. The van der Waals surface area contributed by atoms with Crippen LogP contribution in [0.15, 0.2) is 35.7 Å². The zero-order valence-corrected chi connectivity index (χ0v) is 15.4. The average Bonchev–Trinajstić information content (AvgIpc) is 2.96. The molecule has 132 valence electrons. The van der Waals surface area contributed by atoms with E-state index in [4.69, 9.17) is 9.84 Å². The van der Waals surface area contributed by atoms with E-state index in [-0.39, 0.29) is 6.42 Å². The second-order valence-corrected chi connectivity index (χ2v) is 7.40.